The number of aromatic nitrogens is 4. The Balaban J connectivity index is 1.94. The molecule has 0 bridgehead atoms. The highest BCUT2D eigenvalue weighted by Gasteiger charge is 2.37. The number of aliphatic carboxylic acids is 10. The average molecular weight is 1470 g/mol. The number of fused-ring (bicyclic) bond motifs is 1. The van der Waals surface area contributed by atoms with E-state index in [2.05, 4.69) is 46.5 Å². The Morgan fingerprint density at radius 2 is 0.606 bits per heavy atom. The fourth-order valence-electron chi connectivity index (χ4n) is 9.23. The number of hydrogen-bond donors (Lipinski definition) is 22. The molecule has 45 nitrogen and oxygen atoms in total. The van der Waals surface area contributed by atoms with Crippen LogP contribution in [0, 0.1) is 0 Å². The number of nitrogen functional groups attached to an aromatic ring is 1. The molecule has 9 atom stereocenters. The van der Waals surface area contributed by atoms with E-state index < -0.39 is 288 Å². The number of benzene rings is 1. The zero-order valence-electron chi connectivity index (χ0n) is 54.6. The molecule has 566 valence electrons. The number of rotatable bonds is 49. The van der Waals surface area contributed by atoms with Crippen molar-refractivity contribution in [2.24, 2.45) is 0 Å². The van der Waals surface area contributed by atoms with Gasteiger partial charge in [0.05, 0.1) is 18.4 Å². The zero-order valence-corrected chi connectivity index (χ0v) is 54.6. The van der Waals surface area contributed by atoms with E-state index in [1.54, 1.807) is 0 Å². The zero-order chi connectivity index (χ0) is 78.1. The number of carboxylic acid groups (broad SMARTS) is 10. The van der Waals surface area contributed by atoms with Crippen LogP contribution >= 0.6 is 0 Å². The Hall–Kier alpha value is -13.0. The van der Waals surface area contributed by atoms with E-state index >= 15 is 0 Å². The van der Waals surface area contributed by atoms with Crippen LogP contribution in [-0.2, 0) is 92.8 Å². The van der Waals surface area contributed by atoms with E-state index in [1.165, 1.54) is 30.5 Å². The van der Waals surface area contributed by atoms with Crippen LogP contribution in [0.15, 0.2) is 35.3 Å². The second kappa shape index (κ2) is 42.2. The predicted molar refractivity (Wildman–Crippen MR) is 342 cm³/mol. The molecule has 3 aromatic rings. The van der Waals surface area contributed by atoms with Crippen LogP contribution in [0.3, 0.4) is 0 Å². The number of carbonyl (C=O) groups excluding carboxylic acids is 9. The number of hydrogen-bond acceptors (Lipinski definition) is 25. The molecule has 2 heterocycles. The highest BCUT2D eigenvalue weighted by Crippen LogP contribution is 2.16. The molecular weight excluding hydrogens is 1400 g/mol. The van der Waals surface area contributed by atoms with Gasteiger partial charge in [0.1, 0.15) is 54.4 Å². The Morgan fingerprint density at radius 3 is 0.865 bits per heavy atom. The molecule has 23 N–H and O–H groups in total. The minimum Gasteiger partial charge on any atom is -0.481 e. The first-order valence-corrected chi connectivity index (χ1v) is 31.1. The molecule has 0 unspecified atom stereocenters. The van der Waals surface area contributed by atoms with E-state index in [1.807, 2.05) is 26.6 Å². The summed E-state index contributed by atoms with van der Waals surface area (Å²) in [4.78, 5) is 269. The van der Waals surface area contributed by atoms with E-state index in [0.29, 0.717) is 5.69 Å². The number of nitrogens with one attached hydrogen (secondary N) is 11. The maximum atomic E-state index is 14.2. The summed E-state index contributed by atoms with van der Waals surface area (Å²) in [6.45, 7) is -0.00114. The van der Waals surface area contributed by atoms with Crippen LogP contribution in [0.2, 0.25) is 0 Å². The lowest BCUT2D eigenvalue weighted by molar-refractivity contribution is -0.144. The number of H-pyrrole nitrogens is 1. The molecule has 45 heteroatoms. The summed E-state index contributed by atoms with van der Waals surface area (Å²) >= 11 is 0. The number of aromatic amines is 1. The smallest absolute Gasteiger partial charge is 0.326 e. The van der Waals surface area contributed by atoms with Crippen LogP contribution < -0.4 is 64.5 Å². The molecule has 1 aromatic carbocycles. The van der Waals surface area contributed by atoms with Gasteiger partial charge in [0.25, 0.3) is 5.91 Å². The van der Waals surface area contributed by atoms with Gasteiger partial charge < -0.3 is 115 Å². The SMILES string of the molecule is Nc1nc(=O)c2nc(CNc3ccc(C(=O)N[C@@H](CCC(=O)O)C(=O)N[C@@H](CCC(=O)O)C(=O)N[C@@H](CCC(=O)O)C(=O)N[C@@H](CCC(=O)O)C(=O)N[C@@H](CCC(=O)O)C(=O)N[C@@H](CCC(=O)O)C(=O)N[C@@H](CCC(=O)O)C(=O)N[C@@H](CCC(=O)O)C(=O)N[C@@H](CCC(=O)O)C(=O)O)cc3)cnc2[nH]1. The fourth-order valence-corrected chi connectivity index (χ4v) is 9.23. The van der Waals surface area contributed by atoms with Crippen molar-refractivity contribution < 1.29 is 142 Å². The second-order valence-corrected chi connectivity index (χ2v) is 22.7. The van der Waals surface area contributed by atoms with Crippen LogP contribution in [0.5, 0.6) is 0 Å². The molecular formula is C59H75N15O30. The Kier molecular flexibility index (Phi) is 34.5. The maximum Gasteiger partial charge on any atom is 0.326 e. The first kappa shape index (κ1) is 85.2. The highest BCUT2D eigenvalue weighted by atomic mass is 16.4. The summed E-state index contributed by atoms with van der Waals surface area (Å²) in [5.74, 6) is -29.0. The first-order valence-electron chi connectivity index (χ1n) is 31.1. The fraction of sp³-hybridized carbons (Fsp3) is 0.475. The van der Waals surface area contributed by atoms with E-state index in [-0.39, 0.29) is 34.9 Å². The number of carbonyl (C=O) groups is 19. The van der Waals surface area contributed by atoms with Crippen LogP contribution in [0.1, 0.15) is 132 Å². The predicted octanol–water partition coefficient (Wildman–Crippen LogP) is -5.25. The van der Waals surface area contributed by atoms with Crippen molar-refractivity contribution in [3.05, 3.63) is 52.1 Å². The molecule has 0 aliphatic heterocycles. The lowest BCUT2D eigenvalue weighted by Crippen LogP contribution is -2.60. The van der Waals surface area contributed by atoms with Gasteiger partial charge in [0.2, 0.25) is 53.2 Å². The highest BCUT2D eigenvalue weighted by molar-refractivity contribution is 6.01. The number of amides is 9. The Morgan fingerprint density at radius 1 is 0.356 bits per heavy atom. The molecule has 0 fully saturated rings. The second-order valence-electron chi connectivity index (χ2n) is 22.7. The molecule has 2 aromatic heterocycles. The van der Waals surface area contributed by atoms with Crippen molar-refractivity contribution in [3.8, 4) is 0 Å². The lowest BCUT2D eigenvalue weighted by Gasteiger charge is -2.28. The number of carboxylic acids is 10. The van der Waals surface area contributed by atoms with E-state index in [0.717, 1.165) is 0 Å². The quantitative estimate of drug-likeness (QED) is 0.0251. The summed E-state index contributed by atoms with van der Waals surface area (Å²) in [5.41, 5.74) is 5.33. The Labute approximate surface area is 583 Å². The van der Waals surface area contributed by atoms with Crippen molar-refractivity contribution in [1.82, 2.24) is 67.8 Å². The van der Waals surface area contributed by atoms with E-state index in [9.17, 15) is 142 Å². The third-order valence-corrected chi connectivity index (χ3v) is 14.6. The van der Waals surface area contributed by atoms with Gasteiger partial charge in [-0.25, -0.2) is 14.8 Å². The van der Waals surface area contributed by atoms with Crippen molar-refractivity contribution in [3.63, 3.8) is 0 Å². The van der Waals surface area contributed by atoms with E-state index in [4.69, 9.17) is 10.8 Å². The summed E-state index contributed by atoms with van der Waals surface area (Å²) < 4.78 is 0. The third-order valence-electron chi connectivity index (χ3n) is 14.6. The number of nitrogens with two attached hydrogens (primary N) is 1. The summed E-state index contributed by atoms with van der Waals surface area (Å²) in [6, 6.07) is -13.1. The van der Waals surface area contributed by atoms with Gasteiger partial charge in [-0.1, -0.05) is 0 Å². The lowest BCUT2D eigenvalue weighted by atomic mass is 10.0. The first-order chi connectivity index (χ1) is 48.8. The number of anilines is 2. The van der Waals surface area contributed by atoms with Crippen LogP contribution in [0.4, 0.5) is 11.6 Å². The molecule has 0 radical (unpaired) electrons. The van der Waals surface area contributed by atoms with Gasteiger partial charge >= 0.3 is 65.3 Å². The minimum atomic E-state index is -2.18. The molecule has 0 spiro atoms. The topological polar surface area (TPSA) is 744 Å². The average Bonchev–Trinajstić information content (AvgIpc) is 0.815. The molecule has 104 heavy (non-hydrogen) atoms. The van der Waals surface area contributed by atoms with Crippen LogP contribution in [0.25, 0.3) is 11.2 Å². The van der Waals surface area contributed by atoms with Gasteiger partial charge in [-0.3, -0.25) is 91.1 Å². The van der Waals surface area contributed by atoms with Gasteiger partial charge in [0, 0.05) is 69.0 Å². The summed E-state index contributed by atoms with van der Waals surface area (Å²) in [7, 11) is 0. The molecule has 0 aliphatic rings. The molecule has 0 aliphatic carbocycles. The molecule has 0 saturated heterocycles. The van der Waals surface area contributed by atoms with Gasteiger partial charge in [-0.05, 0) is 82.1 Å². The van der Waals surface area contributed by atoms with Gasteiger partial charge in [0.15, 0.2) is 11.2 Å². The summed E-state index contributed by atoms with van der Waals surface area (Å²) in [5, 5.41) is 117. The van der Waals surface area contributed by atoms with Gasteiger partial charge in [-0.15, -0.1) is 0 Å². The van der Waals surface area contributed by atoms with Crippen molar-refractivity contribution in [1.29, 1.82) is 0 Å². The van der Waals surface area contributed by atoms with Crippen molar-refractivity contribution in [2.45, 2.75) is 176 Å². The molecule has 0 saturated carbocycles. The third kappa shape index (κ3) is 31.4. The molecule has 9 amide bonds. The maximum absolute atomic E-state index is 14.2. The van der Waals surface area contributed by atoms with Crippen molar-refractivity contribution >= 4 is 136 Å². The standard InChI is InChI=1S/C59H75N15O30/c60-59-73-47-46(57(102)74-59)63-27(24-62-47)23-61-26-3-1-25(2-4-26)48(93)64-28(5-14-37(75)76)49(94)65-29(6-15-38(77)78)50(95)66-30(7-16-39(79)80)51(96)67-31(8-17-40(81)82)52(97)68-32(9-18-41(83)84)53(98)69-33(10-19-42(85)86)54(99)70-34(11-20-43(87)88)55(100)71-35(12-21-44(89)90)56(101)72-36(58(103)104)13-22-45(91)92/h1-4,24,28-36,61H,5-23H2,(H,64,93)(H,65,94)(H,66,95)(H,67,96)(H,68,97)(H,69,98)(H,70,99)(H,71,100)(H,72,101)(H,75,76)(H,77,78)(H,79,80)(H,81,82)(H,83,84)(H,85,86)(H,87,88)(H,89,90)(H,91,92)(H,103,104)(H3,60,62,73,74,102)/t28-,29-,30-,31-,32-,33-,34-,35-,36-/m0/s1. The monoisotopic (exact) mass is 1470 g/mol. The molecule has 3 rings (SSSR count). The minimum absolute atomic E-state index is 0.00114. The van der Waals surface area contributed by atoms with Gasteiger partial charge in [-0.2, -0.15) is 4.98 Å². The number of nitrogens with zero attached hydrogens (tertiary/aromatic N) is 3. The van der Waals surface area contributed by atoms with Crippen molar-refractivity contribution in [2.75, 3.05) is 11.1 Å². The largest absolute Gasteiger partial charge is 0.481 e. The van der Waals surface area contributed by atoms with Crippen LogP contribution in [-0.4, -0.2) is 238 Å². The summed E-state index contributed by atoms with van der Waals surface area (Å²) in [6.07, 6.45) is -14.7. The normalized spacial score (nSPS) is 13.4. The Bertz CT molecular complexity index is 3790.